The molecule has 76 valence electrons. The first-order valence-corrected chi connectivity index (χ1v) is 5.06. The molecule has 2 nitrogen and oxygen atoms in total. The van der Waals surface area contributed by atoms with Crippen LogP contribution >= 0.6 is 0 Å². The van der Waals surface area contributed by atoms with Crippen LogP contribution < -0.4 is 0 Å². The lowest BCUT2D eigenvalue weighted by atomic mass is 9.67. The van der Waals surface area contributed by atoms with Crippen molar-refractivity contribution in [1.82, 2.24) is 4.90 Å². The van der Waals surface area contributed by atoms with Crippen LogP contribution in [-0.2, 0) is 4.79 Å². The van der Waals surface area contributed by atoms with Crippen LogP contribution in [0.15, 0.2) is 0 Å². The summed E-state index contributed by atoms with van der Waals surface area (Å²) in [5, 5.41) is 0. The zero-order valence-electron chi connectivity index (χ0n) is 9.42. The van der Waals surface area contributed by atoms with Gasteiger partial charge in [0.05, 0.1) is 6.04 Å². The molecule has 1 atom stereocenters. The lowest BCUT2D eigenvalue weighted by Gasteiger charge is -2.48. The Morgan fingerprint density at radius 2 is 1.92 bits per heavy atom. The van der Waals surface area contributed by atoms with Gasteiger partial charge in [-0.25, -0.2) is 0 Å². The molecule has 0 spiro atoms. The summed E-state index contributed by atoms with van der Waals surface area (Å²) in [6.07, 6.45) is 2.45. The molecule has 1 saturated carbocycles. The molecule has 2 heteroatoms. The van der Waals surface area contributed by atoms with E-state index in [2.05, 4.69) is 25.8 Å². The second-order valence-electron chi connectivity index (χ2n) is 5.18. The third-order valence-electron chi connectivity index (χ3n) is 3.35. The van der Waals surface area contributed by atoms with Gasteiger partial charge in [-0.05, 0) is 39.2 Å². The van der Waals surface area contributed by atoms with Gasteiger partial charge in [-0.3, -0.25) is 9.69 Å². The molecule has 1 aliphatic carbocycles. The van der Waals surface area contributed by atoms with E-state index >= 15 is 0 Å². The minimum atomic E-state index is 0.0844. The average molecular weight is 183 g/mol. The van der Waals surface area contributed by atoms with Gasteiger partial charge in [0, 0.05) is 6.04 Å². The van der Waals surface area contributed by atoms with E-state index in [1.54, 1.807) is 6.92 Å². The van der Waals surface area contributed by atoms with E-state index in [4.69, 9.17) is 0 Å². The monoisotopic (exact) mass is 183 g/mol. The van der Waals surface area contributed by atoms with Crippen LogP contribution in [0.1, 0.15) is 40.5 Å². The fourth-order valence-electron chi connectivity index (χ4n) is 2.11. The molecular formula is C11H21NO. The molecule has 1 rings (SSSR count). The van der Waals surface area contributed by atoms with Crippen LogP contribution in [0.25, 0.3) is 0 Å². The molecule has 1 unspecified atom stereocenters. The summed E-state index contributed by atoms with van der Waals surface area (Å²) in [6.45, 7) is 8.24. The molecule has 1 aliphatic rings. The first kappa shape index (κ1) is 10.7. The summed E-state index contributed by atoms with van der Waals surface area (Å²) < 4.78 is 0. The maximum Gasteiger partial charge on any atom is 0.146 e. The number of hydrogen-bond donors (Lipinski definition) is 0. The molecule has 0 aromatic carbocycles. The third-order valence-corrected chi connectivity index (χ3v) is 3.35. The van der Waals surface area contributed by atoms with Crippen molar-refractivity contribution >= 4 is 5.78 Å². The van der Waals surface area contributed by atoms with Crippen molar-refractivity contribution in [2.45, 2.75) is 52.6 Å². The minimum Gasteiger partial charge on any atom is -0.298 e. The highest BCUT2D eigenvalue weighted by atomic mass is 16.1. The van der Waals surface area contributed by atoms with Crippen LogP contribution in [0.4, 0.5) is 0 Å². The molecule has 0 amide bonds. The molecule has 0 radical (unpaired) electrons. The molecule has 13 heavy (non-hydrogen) atoms. The van der Waals surface area contributed by atoms with E-state index in [9.17, 15) is 4.79 Å². The van der Waals surface area contributed by atoms with Crippen LogP contribution in [0.3, 0.4) is 0 Å². The number of carbonyl (C=O) groups excluding carboxylic acids is 1. The highest BCUT2D eigenvalue weighted by Gasteiger charge is 2.39. The highest BCUT2D eigenvalue weighted by molar-refractivity contribution is 5.80. The van der Waals surface area contributed by atoms with Gasteiger partial charge in [0.1, 0.15) is 5.78 Å². The predicted molar refractivity (Wildman–Crippen MR) is 54.7 cm³/mol. The van der Waals surface area contributed by atoms with Crippen LogP contribution in [0.2, 0.25) is 0 Å². The zero-order chi connectivity index (χ0) is 10.2. The van der Waals surface area contributed by atoms with Gasteiger partial charge >= 0.3 is 0 Å². The van der Waals surface area contributed by atoms with Crippen molar-refractivity contribution in [3.05, 3.63) is 0 Å². The van der Waals surface area contributed by atoms with Crippen molar-refractivity contribution in [2.75, 3.05) is 7.05 Å². The van der Waals surface area contributed by atoms with Gasteiger partial charge < -0.3 is 0 Å². The van der Waals surface area contributed by atoms with Crippen LogP contribution in [0, 0.1) is 5.41 Å². The molecule has 0 aromatic rings. The van der Waals surface area contributed by atoms with Crippen molar-refractivity contribution < 1.29 is 4.79 Å². The Morgan fingerprint density at radius 3 is 2.23 bits per heavy atom. The van der Waals surface area contributed by atoms with Gasteiger partial charge in [0.2, 0.25) is 0 Å². The molecule has 0 aliphatic heterocycles. The van der Waals surface area contributed by atoms with Crippen LogP contribution in [0.5, 0.6) is 0 Å². The average Bonchev–Trinajstić information content (AvgIpc) is 1.97. The van der Waals surface area contributed by atoms with Gasteiger partial charge in [0.25, 0.3) is 0 Å². The van der Waals surface area contributed by atoms with Gasteiger partial charge in [0.15, 0.2) is 0 Å². The van der Waals surface area contributed by atoms with Crippen molar-refractivity contribution in [3.8, 4) is 0 Å². The molecular weight excluding hydrogens is 162 g/mol. The summed E-state index contributed by atoms with van der Waals surface area (Å²) >= 11 is 0. The second-order valence-corrected chi connectivity index (χ2v) is 5.18. The lowest BCUT2D eigenvalue weighted by Crippen LogP contribution is -2.51. The van der Waals surface area contributed by atoms with Gasteiger partial charge in [-0.2, -0.15) is 0 Å². The first-order chi connectivity index (χ1) is 5.83. The summed E-state index contributed by atoms with van der Waals surface area (Å²) in [5.74, 6) is 0.271. The minimum absolute atomic E-state index is 0.0844. The smallest absolute Gasteiger partial charge is 0.146 e. The van der Waals surface area contributed by atoms with E-state index in [0.717, 1.165) is 0 Å². The highest BCUT2D eigenvalue weighted by Crippen LogP contribution is 2.42. The normalized spacial score (nSPS) is 24.2. The standard InChI is InChI=1S/C11H21NO/c1-8(9(2)13)12(5)10-6-11(3,4)7-10/h8,10H,6-7H2,1-5H3. The Kier molecular flexibility index (Phi) is 2.81. The zero-order valence-corrected chi connectivity index (χ0v) is 9.42. The molecule has 0 saturated heterocycles. The van der Waals surface area contributed by atoms with E-state index in [-0.39, 0.29) is 11.8 Å². The second kappa shape index (κ2) is 3.41. The van der Waals surface area contributed by atoms with Crippen LogP contribution in [-0.4, -0.2) is 29.8 Å². The summed E-state index contributed by atoms with van der Waals surface area (Å²) in [6, 6.07) is 0.704. The number of rotatable bonds is 3. The van der Waals surface area contributed by atoms with Crippen molar-refractivity contribution in [1.29, 1.82) is 0 Å². The molecule has 0 aromatic heterocycles. The fraction of sp³-hybridized carbons (Fsp3) is 0.909. The molecule has 1 fully saturated rings. The van der Waals surface area contributed by atoms with E-state index in [1.807, 2.05) is 6.92 Å². The van der Waals surface area contributed by atoms with Crippen molar-refractivity contribution in [2.24, 2.45) is 5.41 Å². The topological polar surface area (TPSA) is 20.3 Å². The SMILES string of the molecule is CC(=O)C(C)N(C)C1CC(C)(C)C1. The first-order valence-electron chi connectivity index (χ1n) is 5.06. The lowest BCUT2D eigenvalue weighted by molar-refractivity contribution is -0.123. The quantitative estimate of drug-likeness (QED) is 0.667. The van der Waals surface area contributed by atoms with Gasteiger partial charge in [-0.1, -0.05) is 13.8 Å². The van der Waals surface area contributed by atoms with Gasteiger partial charge in [-0.15, -0.1) is 0 Å². The summed E-state index contributed by atoms with van der Waals surface area (Å²) in [5.41, 5.74) is 0.495. The Balaban J connectivity index is 2.43. The third kappa shape index (κ3) is 2.31. The Bertz CT molecular complexity index is 202. The molecule has 0 N–H and O–H groups in total. The molecule has 0 heterocycles. The number of hydrogen-bond acceptors (Lipinski definition) is 2. The van der Waals surface area contributed by atoms with E-state index in [0.29, 0.717) is 11.5 Å². The fourth-order valence-corrected chi connectivity index (χ4v) is 2.11. The number of Topliss-reactive ketones (excluding diaryl/α,β-unsaturated/α-hetero) is 1. The molecule has 0 bridgehead atoms. The maximum atomic E-state index is 11.1. The number of likely N-dealkylation sites (N-methyl/N-ethyl adjacent to an activating group) is 1. The number of carbonyl (C=O) groups is 1. The summed E-state index contributed by atoms with van der Waals surface area (Å²) in [4.78, 5) is 13.4. The van der Waals surface area contributed by atoms with E-state index in [1.165, 1.54) is 12.8 Å². The predicted octanol–water partition coefficient (Wildman–Crippen LogP) is 2.08. The van der Waals surface area contributed by atoms with Crippen molar-refractivity contribution in [3.63, 3.8) is 0 Å². The summed E-state index contributed by atoms with van der Waals surface area (Å²) in [7, 11) is 2.06. The number of nitrogens with zero attached hydrogens (tertiary/aromatic N) is 1. The Morgan fingerprint density at radius 1 is 1.46 bits per heavy atom. The van der Waals surface area contributed by atoms with E-state index < -0.39 is 0 Å². The Labute approximate surface area is 81.3 Å². The Hall–Kier alpha value is -0.370. The maximum absolute atomic E-state index is 11.1. The largest absolute Gasteiger partial charge is 0.298 e. The number of ketones is 1.